The van der Waals surface area contributed by atoms with Crippen molar-refractivity contribution in [3.63, 3.8) is 0 Å². The molecule has 0 amide bonds. The molecule has 56 heavy (non-hydrogen) atoms. The molecule has 11 rings (SSSR count). The van der Waals surface area contributed by atoms with Crippen LogP contribution in [0.1, 0.15) is 0 Å². The zero-order valence-corrected chi connectivity index (χ0v) is 31.0. The fourth-order valence-electron chi connectivity index (χ4n) is 8.05. The molecule has 3 aromatic heterocycles. The Morgan fingerprint density at radius 3 is 1.70 bits per heavy atom. The van der Waals surface area contributed by atoms with Crippen LogP contribution < -0.4 is 0 Å². The van der Waals surface area contributed by atoms with Gasteiger partial charge in [0, 0.05) is 58.9 Å². The van der Waals surface area contributed by atoms with Crippen LogP contribution in [0, 0.1) is 0 Å². The number of para-hydroxylation sites is 2. The number of aromatic nitrogens is 4. The lowest BCUT2D eigenvalue weighted by molar-refractivity contribution is 1.08. The van der Waals surface area contributed by atoms with Crippen LogP contribution in [-0.4, -0.2) is 19.5 Å². The second-order valence-corrected chi connectivity index (χ2v) is 15.1. The molecule has 0 radical (unpaired) electrons. The summed E-state index contributed by atoms with van der Waals surface area (Å²) in [6, 6.07) is 68.5. The molecule has 3 heterocycles. The highest BCUT2D eigenvalue weighted by atomic mass is 32.1. The van der Waals surface area contributed by atoms with Crippen molar-refractivity contribution < 1.29 is 0 Å². The van der Waals surface area contributed by atoms with E-state index in [2.05, 4.69) is 180 Å². The topological polar surface area (TPSA) is 43.6 Å². The van der Waals surface area contributed by atoms with E-state index in [4.69, 9.17) is 15.0 Å². The maximum absolute atomic E-state index is 5.31. The number of benzene rings is 8. The Labute approximate surface area is 327 Å². The van der Waals surface area contributed by atoms with Gasteiger partial charge >= 0.3 is 0 Å². The van der Waals surface area contributed by atoms with Crippen molar-refractivity contribution in [2.45, 2.75) is 0 Å². The molecule has 8 aromatic carbocycles. The third-order valence-electron chi connectivity index (χ3n) is 10.6. The number of rotatable bonds is 6. The van der Waals surface area contributed by atoms with E-state index in [1.54, 1.807) is 0 Å². The molecule has 0 saturated carbocycles. The standard InChI is InChI=1S/C51H32N4S/c1-5-16-33(17-6-1)37-31-41(34-18-7-2-8-19-34)48-43(32-37)42-30-36(28-29-46(42)56-48)50-52-49(35-20-9-3-10-21-35)53-51(54-50)40-25-15-27-45-47(40)39-24-13-14-26-44(39)55(45)38-22-11-4-12-23-38/h1-32H. The summed E-state index contributed by atoms with van der Waals surface area (Å²) in [4.78, 5) is 15.7. The van der Waals surface area contributed by atoms with Gasteiger partial charge in [0.05, 0.1) is 11.0 Å². The van der Waals surface area contributed by atoms with Crippen molar-refractivity contribution in [3.05, 3.63) is 194 Å². The highest BCUT2D eigenvalue weighted by Crippen LogP contribution is 2.44. The van der Waals surface area contributed by atoms with Crippen molar-refractivity contribution in [2.24, 2.45) is 0 Å². The Balaban J connectivity index is 1.15. The minimum atomic E-state index is 0.640. The van der Waals surface area contributed by atoms with E-state index in [1.165, 1.54) is 42.4 Å². The molecule has 5 heteroatoms. The quantitative estimate of drug-likeness (QED) is 0.171. The van der Waals surface area contributed by atoms with Gasteiger partial charge in [-0.15, -0.1) is 11.3 Å². The van der Waals surface area contributed by atoms with Crippen molar-refractivity contribution >= 4 is 53.3 Å². The number of fused-ring (bicyclic) bond motifs is 6. The Kier molecular flexibility index (Phi) is 7.64. The van der Waals surface area contributed by atoms with Crippen LogP contribution in [0.4, 0.5) is 0 Å². The molecule has 0 fully saturated rings. The summed E-state index contributed by atoms with van der Waals surface area (Å²) in [7, 11) is 0. The molecular weight excluding hydrogens is 701 g/mol. The van der Waals surface area contributed by atoms with Gasteiger partial charge in [-0.2, -0.15) is 0 Å². The van der Waals surface area contributed by atoms with E-state index in [0.29, 0.717) is 17.5 Å². The third kappa shape index (κ3) is 5.40. The monoisotopic (exact) mass is 732 g/mol. The zero-order chi connectivity index (χ0) is 37.0. The first-order chi connectivity index (χ1) is 27.8. The number of nitrogens with zero attached hydrogens (tertiary/aromatic N) is 4. The van der Waals surface area contributed by atoms with Crippen molar-refractivity contribution in [3.8, 4) is 62.1 Å². The highest BCUT2D eigenvalue weighted by molar-refractivity contribution is 7.26. The average molecular weight is 733 g/mol. The van der Waals surface area contributed by atoms with Gasteiger partial charge in [0.2, 0.25) is 0 Å². The smallest absolute Gasteiger partial charge is 0.164 e. The van der Waals surface area contributed by atoms with E-state index >= 15 is 0 Å². The minimum absolute atomic E-state index is 0.640. The summed E-state index contributed by atoms with van der Waals surface area (Å²) in [5.41, 5.74) is 11.0. The third-order valence-corrected chi connectivity index (χ3v) is 11.9. The Bertz CT molecular complexity index is 3230. The average Bonchev–Trinajstić information content (AvgIpc) is 3.83. The second kappa shape index (κ2) is 13.3. The second-order valence-electron chi connectivity index (χ2n) is 14.0. The van der Waals surface area contributed by atoms with Gasteiger partial charge in [-0.1, -0.05) is 140 Å². The van der Waals surface area contributed by atoms with Crippen LogP contribution in [0.5, 0.6) is 0 Å². The Morgan fingerprint density at radius 2 is 0.946 bits per heavy atom. The zero-order valence-electron chi connectivity index (χ0n) is 30.2. The molecule has 0 spiro atoms. The minimum Gasteiger partial charge on any atom is -0.309 e. The van der Waals surface area contributed by atoms with Gasteiger partial charge in [0.25, 0.3) is 0 Å². The largest absolute Gasteiger partial charge is 0.309 e. The first kappa shape index (κ1) is 32.2. The summed E-state index contributed by atoms with van der Waals surface area (Å²) in [6.07, 6.45) is 0. The van der Waals surface area contributed by atoms with Crippen molar-refractivity contribution in [1.82, 2.24) is 19.5 Å². The predicted octanol–water partition coefficient (Wildman–Crippen LogP) is 13.7. The van der Waals surface area contributed by atoms with Gasteiger partial charge in [0.15, 0.2) is 17.5 Å². The van der Waals surface area contributed by atoms with Gasteiger partial charge in [-0.25, -0.2) is 15.0 Å². The summed E-state index contributed by atoms with van der Waals surface area (Å²) in [5, 5.41) is 4.68. The normalized spacial score (nSPS) is 11.6. The van der Waals surface area contributed by atoms with E-state index in [9.17, 15) is 0 Å². The molecule has 0 aliphatic carbocycles. The Hall–Kier alpha value is -7.21. The van der Waals surface area contributed by atoms with Crippen molar-refractivity contribution in [2.75, 3.05) is 0 Å². The summed E-state index contributed by atoms with van der Waals surface area (Å²) in [6.45, 7) is 0. The van der Waals surface area contributed by atoms with E-state index in [-0.39, 0.29) is 0 Å². The van der Waals surface area contributed by atoms with Gasteiger partial charge in [0.1, 0.15) is 0 Å². The molecule has 0 saturated heterocycles. The molecular formula is C51H32N4S. The molecule has 0 unspecified atom stereocenters. The van der Waals surface area contributed by atoms with Gasteiger partial charge in [-0.3, -0.25) is 0 Å². The van der Waals surface area contributed by atoms with Crippen LogP contribution in [0.3, 0.4) is 0 Å². The summed E-state index contributed by atoms with van der Waals surface area (Å²) < 4.78 is 4.82. The molecule has 4 nitrogen and oxygen atoms in total. The lowest BCUT2D eigenvalue weighted by atomic mass is 9.96. The number of thiophene rings is 1. The van der Waals surface area contributed by atoms with Gasteiger partial charge in [-0.05, 0) is 71.3 Å². The van der Waals surface area contributed by atoms with Crippen LogP contribution in [0.25, 0.3) is 104 Å². The number of hydrogen-bond acceptors (Lipinski definition) is 4. The highest BCUT2D eigenvalue weighted by Gasteiger charge is 2.20. The summed E-state index contributed by atoms with van der Waals surface area (Å²) >= 11 is 1.84. The molecule has 0 atom stereocenters. The fraction of sp³-hybridized carbons (Fsp3) is 0. The van der Waals surface area contributed by atoms with Crippen LogP contribution in [-0.2, 0) is 0 Å². The lowest BCUT2D eigenvalue weighted by Gasteiger charge is -2.11. The summed E-state index contributed by atoms with van der Waals surface area (Å²) in [5.74, 6) is 1.92. The van der Waals surface area contributed by atoms with Gasteiger partial charge < -0.3 is 4.57 Å². The SMILES string of the molecule is c1ccc(-c2cc(-c3ccccc3)c3sc4ccc(-c5nc(-c6ccccc6)nc(-c6cccc7c6c6ccccc6n7-c6ccccc6)n5)cc4c3c2)cc1. The van der Waals surface area contributed by atoms with Crippen LogP contribution in [0.2, 0.25) is 0 Å². The molecule has 0 aliphatic heterocycles. The van der Waals surface area contributed by atoms with Crippen LogP contribution >= 0.6 is 11.3 Å². The van der Waals surface area contributed by atoms with E-state index in [0.717, 1.165) is 44.2 Å². The first-order valence-electron chi connectivity index (χ1n) is 18.8. The fourth-order valence-corrected chi connectivity index (χ4v) is 9.25. The van der Waals surface area contributed by atoms with E-state index < -0.39 is 0 Å². The molecule has 11 aromatic rings. The molecule has 0 bridgehead atoms. The predicted molar refractivity (Wildman–Crippen MR) is 234 cm³/mol. The molecule has 0 N–H and O–H groups in total. The van der Waals surface area contributed by atoms with E-state index in [1.807, 2.05) is 29.5 Å². The maximum Gasteiger partial charge on any atom is 0.164 e. The number of hydrogen-bond donors (Lipinski definition) is 0. The molecule has 0 aliphatic rings. The van der Waals surface area contributed by atoms with Crippen molar-refractivity contribution in [1.29, 1.82) is 0 Å². The maximum atomic E-state index is 5.31. The first-order valence-corrected chi connectivity index (χ1v) is 19.6. The molecule has 262 valence electrons. The van der Waals surface area contributed by atoms with Crippen LogP contribution in [0.15, 0.2) is 194 Å². The lowest BCUT2D eigenvalue weighted by Crippen LogP contribution is -2.00. The Morgan fingerprint density at radius 1 is 0.357 bits per heavy atom.